The number of hydrogen-bond donors (Lipinski definition) is 4. The van der Waals surface area contributed by atoms with Crippen molar-refractivity contribution in [3.63, 3.8) is 0 Å². The first-order chi connectivity index (χ1) is 17.6. The van der Waals surface area contributed by atoms with Crippen molar-refractivity contribution in [1.82, 2.24) is 20.9 Å². The lowest BCUT2D eigenvalue weighted by molar-refractivity contribution is -0.139. The molecular weight excluding hydrogens is 485 g/mol. The summed E-state index contributed by atoms with van der Waals surface area (Å²) in [4.78, 5) is 63.0. The van der Waals surface area contributed by atoms with Gasteiger partial charge in [-0.25, -0.2) is 18.9 Å². The van der Waals surface area contributed by atoms with E-state index in [1.54, 1.807) is 18.2 Å². The molecule has 0 aromatic heterocycles. The highest BCUT2D eigenvalue weighted by Crippen LogP contribution is 2.45. The smallest absolute Gasteiger partial charge is 0.418 e. The molecule has 11 nitrogen and oxygen atoms in total. The van der Waals surface area contributed by atoms with Crippen molar-refractivity contribution in [2.75, 3.05) is 18.9 Å². The SMILES string of the molecule is CNC(=O)Nc1ccc2c(c1)CC[C@@]21OC(=O)N(CC(=O)N[C@@H](C)C(=O)NCc2ccc(F)cc2)C1=O. The molecule has 0 radical (unpaired) electrons. The van der Waals surface area contributed by atoms with Crippen molar-refractivity contribution in [2.24, 2.45) is 0 Å². The van der Waals surface area contributed by atoms with E-state index in [2.05, 4.69) is 21.3 Å². The van der Waals surface area contributed by atoms with Crippen LogP contribution in [0.1, 0.15) is 30.0 Å². The number of aryl methyl sites for hydroxylation is 1. The second-order valence-electron chi connectivity index (χ2n) is 8.80. The van der Waals surface area contributed by atoms with E-state index in [0.29, 0.717) is 23.2 Å². The Balaban J connectivity index is 1.36. The molecule has 2 atom stereocenters. The van der Waals surface area contributed by atoms with Gasteiger partial charge >= 0.3 is 12.1 Å². The summed E-state index contributed by atoms with van der Waals surface area (Å²) >= 11 is 0. The van der Waals surface area contributed by atoms with E-state index in [1.165, 1.54) is 38.2 Å². The first kappa shape index (κ1) is 25.6. The second-order valence-corrected chi connectivity index (χ2v) is 8.80. The number of imide groups is 1. The highest BCUT2D eigenvalue weighted by molar-refractivity contribution is 6.06. The first-order valence-electron chi connectivity index (χ1n) is 11.6. The average molecular weight is 512 g/mol. The molecule has 1 aliphatic heterocycles. The highest BCUT2D eigenvalue weighted by atomic mass is 19.1. The van der Waals surface area contributed by atoms with Crippen LogP contribution in [0, 0.1) is 5.82 Å². The van der Waals surface area contributed by atoms with Crippen molar-refractivity contribution in [1.29, 1.82) is 0 Å². The number of carbonyl (C=O) groups is 5. The highest BCUT2D eigenvalue weighted by Gasteiger charge is 2.58. The van der Waals surface area contributed by atoms with Gasteiger partial charge in [0.25, 0.3) is 5.91 Å². The summed E-state index contributed by atoms with van der Waals surface area (Å²) in [5.74, 6) is -2.26. The molecule has 194 valence electrons. The Kier molecular flexibility index (Phi) is 7.09. The fourth-order valence-corrected chi connectivity index (χ4v) is 4.37. The van der Waals surface area contributed by atoms with Crippen LogP contribution in [0.15, 0.2) is 42.5 Å². The molecule has 2 aliphatic rings. The van der Waals surface area contributed by atoms with E-state index in [9.17, 15) is 28.4 Å². The minimum atomic E-state index is -1.53. The molecule has 2 aromatic carbocycles. The zero-order valence-corrected chi connectivity index (χ0v) is 20.2. The fraction of sp³-hybridized carbons (Fsp3) is 0.320. The molecule has 1 fully saturated rings. The Morgan fingerprint density at radius 1 is 1.14 bits per heavy atom. The van der Waals surface area contributed by atoms with Crippen molar-refractivity contribution in [3.8, 4) is 0 Å². The minimum Gasteiger partial charge on any atom is -0.427 e. The molecule has 4 N–H and O–H groups in total. The van der Waals surface area contributed by atoms with E-state index in [-0.39, 0.29) is 13.0 Å². The van der Waals surface area contributed by atoms with Gasteiger partial charge in [0.05, 0.1) is 0 Å². The van der Waals surface area contributed by atoms with E-state index in [4.69, 9.17) is 4.74 Å². The predicted octanol–water partition coefficient (Wildman–Crippen LogP) is 1.52. The average Bonchev–Trinajstić information content (AvgIpc) is 3.35. The van der Waals surface area contributed by atoms with Gasteiger partial charge in [0.1, 0.15) is 18.4 Å². The van der Waals surface area contributed by atoms with Gasteiger partial charge < -0.3 is 26.0 Å². The van der Waals surface area contributed by atoms with Crippen molar-refractivity contribution >= 4 is 35.5 Å². The van der Waals surface area contributed by atoms with Gasteiger partial charge in [-0.15, -0.1) is 0 Å². The Bertz CT molecular complexity index is 1270. The van der Waals surface area contributed by atoms with Crippen molar-refractivity contribution in [3.05, 3.63) is 65.0 Å². The maximum absolute atomic E-state index is 13.3. The Morgan fingerprint density at radius 3 is 2.57 bits per heavy atom. The first-order valence-corrected chi connectivity index (χ1v) is 11.6. The lowest BCUT2D eigenvalue weighted by atomic mass is 9.94. The van der Waals surface area contributed by atoms with Gasteiger partial charge in [-0.1, -0.05) is 18.2 Å². The van der Waals surface area contributed by atoms with E-state index < -0.39 is 53.9 Å². The Labute approximate surface area is 211 Å². The lowest BCUT2D eigenvalue weighted by Gasteiger charge is -2.21. The molecule has 4 rings (SSSR count). The van der Waals surface area contributed by atoms with Crippen molar-refractivity contribution in [2.45, 2.75) is 38.0 Å². The number of ether oxygens (including phenoxy) is 1. The van der Waals surface area contributed by atoms with Crippen LogP contribution in [0.4, 0.5) is 19.7 Å². The standard InChI is InChI=1S/C25H26FN5O6/c1-14(21(33)28-12-15-3-5-17(26)6-4-15)29-20(32)13-31-22(34)25(37-24(31)36)10-9-16-11-18(7-8-19(16)25)30-23(35)27-2/h3-8,11,14H,9-10,12-13H2,1-2H3,(H,28,33)(H,29,32)(H2,27,30,35)/t14-,25+/m0/s1. The van der Waals surface area contributed by atoms with Crippen LogP contribution < -0.4 is 21.3 Å². The van der Waals surface area contributed by atoms with Crippen LogP contribution in [-0.2, 0) is 37.7 Å². The molecule has 1 aliphatic carbocycles. The van der Waals surface area contributed by atoms with Gasteiger partial charge in [0, 0.05) is 31.3 Å². The van der Waals surface area contributed by atoms with Crippen LogP contribution in [0.2, 0.25) is 0 Å². The number of halogens is 1. The number of nitrogens with zero attached hydrogens (tertiary/aromatic N) is 1. The molecule has 1 saturated heterocycles. The molecule has 0 saturated carbocycles. The third-order valence-electron chi connectivity index (χ3n) is 6.30. The van der Waals surface area contributed by atoms with E-state index in [0.717, 1.165) is 10.5 Å². The summed E-state index contributed by atoms with van der Waals surface area (Å²) < 4.78 is 18.5. The third-order valence-corrected chi connectivity index (χ3v) is 6.30. The number of hydrogen-bond acceptors (Lipinski definition) is 6. The number of nitrogens with one attached hydrogen (secondary N) is 4. The number of carbonyl (C=O) groups excluding carboxylic acids is 5. The van der Waals surface area contributed by atoms with Crippen LogP contribution in [0.5, 0.6) is 0 Å². The maximum atomic E-state index is 13.3. The number of amides is 6. The van der Waals surface area contributed by atoms with E-state index >= 15 is 0 Å². The van der Waals surface area contributed by atoms with Gasteiger partial charge in [-0.2, -0.15) is 0 Å². The van der Waals surface area contributed by atoms with E-state index in [1.807, 2.05) is 0 Å². The molecule has 1 heterocycles. The minimum absolute atomic E-state index is 0.137. The summed E-state index contributed by atoms with van der Waals surface area (Å²) in [6.07, 6.45) is -0.312. The number of urea groups is 1. The number of benzene rings is 2. The largest absolute Gasteiger partial charge is 0.427 e. The van der Waals surface area contributed by atoms with Gasteiger partial charge in [0.15, 0.2) is 0 Å². The predicted molar refractivity (Wildman–Crippen MR) is 129 cm³/mol. The molecule has 2 aromatic rings. The normalized spacial score (nSPS) is 18.7. The second kappa shape index (κ2) is 10.2. The molecule has 6 amide bonds. The molecular formula is C25H26FN5O6. The number of anilines is 1. The van der Waals surface area contributed by atoms with Crippen LogP contribution in [0.25, 0.3) is 0 Å². The maximum Gasteiger partial charge on any atom is 0.418 e. The summed E-state index contributed by atoms with van der Waals surface area (Å²) in [6, 6.07) is 9.19. The lowest BCUT2D eigenvalue weighted by Crippen LogP contribution is -2.49. The summed E-state index contributed by atoms with van der Waals surface area (Å²) in [7, 11) is 1.49. The molecule has 1 spiro atoms. The van der Waals surface area contributed by atoms with Crippen LogP contribution in [-0.4, -0.2) is 54.4 Å². The fourth-order valence-electron chi connectivity index (χ4n) is 4.37. The van der Waals surface area contributed by atoms with Gasteiger partial charge in [0.2, 0.25) is 17.4 Å². The quantitative estimate of drug-likeness (QED) is 0.443. The van der Waals surface area contributed by atoms with Gasteiger partial charge in [-0.3, -0.25) is 14.4 Å². The van der Waals surface area contributed by atoms with Crippen LogP contribution in [0.3, 0.4) is 0 Å². The molecule has 37 heavy (non-hydrogen) atoms. The topological polar surface area (TPSA) is 146 Å². The summed E-state index contributed by atoms with van der Waals surface area (Å²) in [5, 5.41) is 10.2. The van der Waals surface area contributed by atoms with Gasteiger partial charge in [-0.05, 0) is 48.7 Å². The number of rotatable bonds is 7. The molecule has 0 unspecified atom stereocenters. The third kappa shape index (κ3) is 5.22. The zero-order valence-electron chi connectivity index (χ0n) is 20.2. The Hall–Kier alpha value is -4.48. The summed E-state index contributed by atoms with van der Waals surface area (Å²) in [5.41, 5.74) is 0.917. The monoisotopic (exact) mass is 511 g/mol. The molecule has 12 heteroatoms. The zero-order chi connectivity index (χ0) is 26.7. The Morgan fingerprint density at radius 2 is 1.86 bits per heavy atom. The van der Waals surface area contributed by atoms with Crippen molar-refractivity contribution < 1.29 is 33.1 Å². The van der Waals surface area contributed by atoms with Crippen LogP contribution >= 0.6 is 0 Å². The number of fused-ring (bicyclic) bond motifs is 2. The summed E-state index contributed by atoms with van der Waals surface area (Å²) in [6.45, 7) is 0.986. The molecule has 0 bridgehead atoms.